The van der Waals surface area contributed by atoms with Crippen molar-refractivity contribution < 1.29 is 13.7 Å². The predicted octanol–water partition coefficient (Wildman–Crippen LogP) is 2.77. The summed E-state index contributed by atoms with van der Waals surface area (Å²) in [6.45, 7) is 4.77. The molecule has 2 fully saturated rings. The topological polar surface area (TPSA) is 75.6 Å². The lowest BCUT2D eigenvalue weighted by Crippen LogP contribution is -2.47. The zero-order valence-electron chi connectivity index (χ0n) is 15.6. The minimum Gasteiger partial charge on any atom is -0.369 e. The summed E-state index contributed by atoms with van der Waals surface area (Å²) in [5.74, 6) is 1.14. The fraction of sp³-hybridized carbons (Fsp3) is 0.600. The van der Waals surface area contributed by atoms with Crippen molar-refractivity contribution in [3.05, 3.63) is 24.0 Å². The van der Waals surface area contributed by atoms with E-state index in [0.29, 0.717) is 11.5 Å². The van der Waals surface area contributed by atoms with Crippen LogP contribution in [0.15, 0.2) is 22.7 Å². The molecule has 1 aromatic heterocycles. The van der Waals surface area contributed by atoms with Crippen LogP contribution in [0.25, 0.3) is 11.0 Å². The fourth-order valence-corrected chi connectivity index (χ4v) is 4.41. The van der Waals surface area contributed by atoms with Crippen LogP contribution in [-0.2, 0) is 4.79 Å². The van der Waals surface area contributed by atoms with Crippen molar-refractivity contribution >= 4 is 22.7 Å². The van der Waals surface area contributed by atoms with Crippen molar-refractivity contribution in [3.8, 4) is 0 Å². The number of anilines is 1. The van der Waals surface area contributed by atoms with Gasteiger partial charge in [0, 0.05) is 32.1 Å². The van der Waals surface area contributed by atoms with Gasteiger partial charge in [-0.1, -0.05) is 5.16 Å². The van der Waals surface area contributed by atoms with Gasteiger partial charge in [-0.15, -0.1) is 0 Å². The largest absolute Gasteiger partial charge is 0.369 e. The summed E-state index contributed by atoms with van der Waals surface area (Å²) in [5.41, 5.74) is 6.04. The Kier molecular flexibility index (Phi) is 5.29. The highest BCUT2D eigenvalue weighted by Crippen LogP contribution is 2.31. The average molecular weight is 374 g/mol. The molecule has 1 saturated carbocycles. The van der Waals surface area contributed by atoms with Gasteiger partial charge in [-0.2, -0.15) is 0 Å². The predicted molar refractivity (Wildman–Crippen MR) is 102 cm³/mol. The number of carbonyl (C=O) groups excluding carboxylic acids is 1. The standard InChI is InChI=1S/C20H27FN4O2/c21-16-5-6-18-17(13-16)20(23-27-18)25-11-9-24(10-12-25)8-7-14-1-3-15(4-2-14)19(22)26/h5-6,13-15H,1-4,7-12H2,(H2,22,26)/t14-,15-. The summed E-state index contributed by atoms with van der Waals surface area (Å²) in [5, 5.41) is 4.90. The van der Waals surface area contributed by atoms with E-state index >= 15 is 0 Å². The van der Waals surface area contributed by atoms with E-state index in [9.17, 15) is 9.18 Å². The van der Waals surface area contributed by atoms with E-state index in [1.807, 2.05) is 0 Å². The minimum absolute atomic E-state index is 0.0897. The maximum absolute atomic E-state index is 13.5. The molecule has 1 aliphatic heterocycles. The summed E-state index contributed by atoms with van der Waals surface area (Å²) in [6, 6.07) is 4.52. The molecule has 2 N–H and O–H groups in total. The number of fused-ring (bicyclic) bond motifs is 1. The maximum atomic E-state index is 13.5. The highest BCUT2D eigenvalue weighted by Gasteiger charge is 2.26. The summed E-state index contributed by atoms with van der Waals surface area (Å²) < 4.78 is 18.9. The Morgan fingerprint density at radius 3 is 2.63 bits per heavy atom. The molecule has 6 nitrogen and oxygen atoms in total. The molecule has 146 valence electrons. The first-order valence-electron chi connectivity index (χ1n) is 9.91. The van der Waals surface area contributed by atoms with Crippen LogP contribution in [0.2, 0.25) is 0 Å². The van der Waals surface area contributed by atoms with Crippen LogP contribution in [-0.4, -0.2) is 48.7 Å². The third-order valence-corrected chi connectivity index (χ3v) is 6.19. The molecule has 0 atom stereocenters. The van der Waals surface area contributed by atoms with Gasteiger partial charge in [0.15, 0.2) is 11.4 Å². The number of nitrogens with zero attached hydrogens (tertiary/aromatic N) is 3. The quantitative estimate of drug-likeness (QED) is 0.871. The number of hydrogen-bond donors (Lipinski definition) is 1. The zero-order chi connectivity index (χ0) is 18.8. The van der Waals surface area contributed by atoms with Crippen LogP contribution in [0, 0.1) is 17.7 Å². The molecule has 0 spiro atoms. The third-order valence-electron chi connectivity index (χ3n) is 6.19. The number of carbonyl (C=O) groups is 1. The molecular weight excluding hydrogens is 347 g/mol. The zero-order valence-corrected chi connectivity index (χ0v) is 15.6. The second-order valence-corrected chi connectivity index (χ2v) is 7.88. The van der Waals surface area contributed by atoms with Crippen LogP contribution in [0.5, 0.6) is 0 Å². The molecule has 0 bridgehead atoms. The highest BCUT2D eigenvalue weighted by molar-refractivity contribution is 5.88. The number of rotatable bonds is 5. The van der Waals surface area contributed by atoms with E-state index in [2.05, 4.69) is 15.0 Å². The molecule has 1 saturated heterocycles. The van der Waals surface area contributed by atoms with Gasteiger partial charge in [0.05, 0.1) is 5.39 Å². The molecule has 1 amide bonds. The molecular formula is C20H27FN4O2. The van der Waals surface area contributed by atoms with Crippen LogP contribution < -0.4 is 10.6 Å². The minimum atomic E-state index is -0.267. The third kappa shape index (κ3) is 4.08. The summed E-state index contributed by atoms with van der Waals surface area (Å²) >= 11 is 0. The summed E-state index contributed by atoms with van der Waals surface area (Å²) in [4.78, 5) is 15.9. The maximum Gasteiger partial charge on any atom is 0.220 e. The normalized spacial score (nSPS) is 24.4. The Balaban J connectivity index is 1.26. The molecule has 1 aromatic carbocycles. The smallest absolute Gasteiger partial charge is 0.220 e. The molecule has 0 unspecified atom stereocenters. The van der Waals surface area contributed by atoms with E-state index in [4.69, 9.17) is 10.3 Å². The molecule has 1 aliphatic carbocycles. The lowest BCUT2D eigenvalue weighted by atomic mass is 9.80. The number of halogens is 1. The lowest BCUT2D eigenvalue weighted by Gasteiger charge is -2.36. The highest BCUT2D eigenvalue weighted by atomic mass is 19.1. The molecule has 2 aromatic rings. The van der Waals surface area contributed by atoms with Gasteiger partial charge in [0.2, 0.25) is 5.91 Å². The van der Waals surface area contributed by atoms with Gasteiger partial charge in [-0.3, -0.25) is 9.69 Å². The van der Waals surface area contributed by atoms with Gasteiger partial charge in [-0.25, -0.2) is 4.39 Å². The van der Waals surface area contributed by atoms with Gasteiger partial charge in [0.1, 0.15) is 5.82 Å². The molecule has 7 heteroatoms. The van der Waals surface area contributed by atoms with E-state index < -0.39 is 0 Å². The molecule has 2 heterocycles. The van der Waals surface area contributed by atoms with Crippen LogP contribution in [0.1, 0.15) is 32.1 Å². The number of piperazine rings is 1. The van der Waals surface area contributed by atoms with Crippen molar-refractivity contribution in [1.82, 2.24) is 10.1 Å². The van der Waals surface area contributed by atoms with Crippen LogP contribution in [0.3, 0.4) is 0 Å². The van der Waals surface area contributed by atoms with Crippen molar-refractivity contribution in [1.29, 1.82) is 0 Å². The van der Waals surface area contributed by atoms with Crippen molar-refractivity contribution in [2.45, 2.75) is 32.1 Å². The van der Waals surface area contributed by atoms with E-state index in [0.717, 1.165) is 69.6 Å². The first kappa shape index (κ1) is 18.2. The lowest BCUT2D eigenvalue weighted by molar-refractivity contribution is -0.123. The van der Waals surface area contributed by atoms with E-state index in [1.54, 1.807) is 6.07 Å². The number of aromatic nitrogens is 1. The molecule has 4 rings (SSSR count). The Labute approximate surface area is 158 Å². The second-order valence-electron chi connectivity index (χ2n) is 7.88. The number of hydrogen-bond acceptors (Lipinski definition) is 5. The van der Waals surface area contributed by atoms with Gasteiger partial charge in [0.25, 0.3) is 0 Å². The first-order chi connectivity index (χ1) is 13.1. The van der Waals surface area contributed by atoms with Crippen molar-refractivity contribution in [3.63, 3.8) is 0 Å². The van der Waals surface area contributed by atoms with E-state index in [1.165, 1.54) is 18.6 Å². The van der Waals surface area contributed by atoms with Crippen molar-refractivity contribution in [2.24, 2.45) is 17.6 Å². The number of amides is 1. The Morgan fingerprint density at radius 1 is 1.19 bits per heavy atom. The van der Waals surface area contributed by atoms with Gasteiger partial charge < -0.3 is 15.2 Å². The van der Waals surface area contributed by atoms with Crippen LogP contribution in [0.4, 0.5) is 10.2 Å². The Hall–Kier alpha value is -2.15. The van der Waals surface area contributed by atoms with Crippen LogP contribution >= 0.6 is 0 Å². The summed E-state index contributed by atoms with van der Waals surface area (Å²) in [7, 11) is 0. The van der Waals surface area contributed by atoms with Crippen molar-refractivity contribution in [2.75, 3.05) is 37.6 Å². The molecule has 2 aliphatic rings. The van der Waals surface area contributed by atoms with E-state index in [-0.39, 0.29) is 17.6 Å². The number of benzene rings is 1. The Bertz CT molecular complexity index is 792. The number of primary amides is 1. The number of nitrogens with two attached hydrogens (primary N) is 1. The van der Waals surface area contributed by atoms with Gasteiger partial charge >= 0.3 is 0 Å². The molecule has 0 radical (unpaired) electrons. The SMILES string of the molecule is NC(=O)[C@H]1CC[C@H](CCN2CCN(c3noc4ccc(F)cc34)CC2)CC1. The first-order valence-corrected chi connectivity index (χ1v) is 9.91. The monoisotopic (exact) mass is 374 g/mol. The molecule has 27 heavy (non-hydrogen) atoms. The Morgan fingerprint density at radius 2 is 1.93 bits per heavy atom. The fourth-order valence-electron chi connectivity index (χ4n) is 4.41. The second kappa shape index (κ2) is 7.84. The average Bonchev–Trinajstić information content (AvgIpc) is 3.10. The summed E-state index contributed by atoms with van der Waals surface area (Å²) in [6.07, 6.45) is 5.31. The van der Waals surface area contributed by atoms with Gasteiger partial charge in [-0.05, 0) is 62.8 Å².